The average Bonchev–Trinajstić information content (AvgIpc) is 3.53. The number of hydrogen-bond acceptors (Lipinski definition) is 4. The van der Waals surface area contributed by atoms with Crippen LogP contribution in [0.5, 0.6) is 0 Å². The first kappa shape index (κ1) is 25.7. The van der Waals surface area contributed by atoms with Gasteiger partial charge in [0, 0.05) is 61.9 Å². The van der Waals surface area contributed by atoms with E-state index in [0.29, 0.717) is 43.1 Å². The van der Waals surface area contributed by atoms with Gasteiger partial charge in [0.05, 0.1) is 5.69 Å². The van der Waals surface area contributed by atoms with Gasteiger partial charge in [-0.3, -0.25) is 19.1 Å². The highest BCUT2D eigenvalue weighted by molar-refractivity contribution is 5.98. The Morgan fingerprint density at radius 2 is 1.79 bits per heavy atom. The minimum absolute atomic E-state index is 0.0213. The SMILES string of the molecule is CCC(=O)NC1CC[C@@H](C(=O)Nc2cc(C(=O)N3CC(c4ccc(-c5ccnn5C)cc4)C3)ccc2C)C1. The van der Waals surface area contributed by atoms with Gasteiger partial charge in [0.25, 0.3) is 5.91 Å². The van der Waals surface area contributed by atoms with Crippen LogP contribution in [0.3, 0.4) is 0 Å². The maximum Gasteiger partial charge on any atom is 0.253 e. The zero-order chi connectivity index (χ0) is 26.8. The maximum atomic E-state index is 13.2. The van der Waals surface area contributed by atoms with E-state index in [1.165, 1.54) is 5.56 Å². The molecule has 1 aliphatic carbocycles. The summed E-state index contributed by atoms with van der Waals surface area (Å²) >= 11 is 0. The van der Waals surface area contributed by atoms with Crippen LogP contribution in [0.2, 0.25) is 0 Å². The number of hydrogen-bond donors (Lipinski definition) is 2. The normalized spacial score (nSPS) is 19.2. The summed E-state index contributed by atoms with van der Waals surface area (Å²) in [5, 5.41) is 10.3. The number of likely N-dealkylation sites (tertiary alicyclic amines) is 1. The van der Waals surface area contributed by atoms with E-state index in [4.69, 9.17) is 0 Å². The van der Waals surface area contributed by atoms with E-state index in [1.807, 2.05) is 48.7 Å². The number of aromatic nitrogens is 2. The number of carbonyl (C=O) groups excluding carboxylic acids is 3. The first-order valence-electron chi connectivity index (χ1n) is 13.4. The summed E-state index contributed by atoms with van der Waals surface area (Å²) in [6, 6.07) is 16.0. The molecule has 1 aromatic heterocycles. The van der Waals surface area contributed by atoms with Crippen molar-refractivity contribution >= 4 is 23.4 Å². The zero-order valence-corrected chi connectivity index (χ0v) is 22.2. The van der Waals surface area contributed by atoms with Crippen LogP contribution in [0.4, 0.5) is 5.69 Å². The van der Waals surface area contributed by atoms with Crippen molar-refractivity contribution in [3.8, 4) is 11.3 Å². The summed E-state index contributed by atoms with van der Waals surface area (Å²) in [4.78, 5) is 39.7. The lowest BCUT2D eigenvalue weighted by molar-refractivity contribution is -0.122. The number of benzene rings is 2. The predicted octanol–water partition coefficient (Wildman–Crippen LogP) is 4.27. The van der Waals surface area contributed by atoms with Gasteiger partial charge in [0.2, 0.25) is 11.8 Å². The number of aryl methyl sites for hydroxylation is 2. The lowest BCUT2D eigenvalue weighted by Gasteiger charge is -2.39. The van der Waals surface area contributed by atoms with Crippen LogP contribution >= 0.6 is 0 Å². The lowest BCUT2D eigenvalue weighted by Crippen LogP contribution is -2.48. The predicted molar refractivity (Wildman–Crippen MR) is 147 cm³/mol. The fourth-order valence-electron chi connectivity index (χ4n) is 5.43. The Morgan fingerprint density at radius 1 is 1.03 bits per heavy atom. The van der Waals surface area contributed by atoms with E-state index < -0.39 is 0 Å². The van der Waals surface area contributed by atoms with Gasteiger partial charge in [-0.2, -0.15) is 5.10 Å². The monoisotopic (exact) mass is 513 g/mol. The highest BCUT2D eigenvalue weighted by Gasteiger charge is 2.33. The molecule has 5 rings (SSSR count). The molecule has 2 aliphatic rings. The molecular weight excluding hydrogens is 478 g/mol. The second-order valence-corrected chi connectivity index (χ2v) is 10.5. The van der Waals surface area contributed by atoms with Gasteiger partial charge in [-0.05, 0) is 61.1 Å². The van der Waals surface area contributed by atoms with Crippen molar-refractivity contribution in [1.29, 1.82) is 0 Å². The molecule has 2 atom stereocenters. The van der Waals surface area contributed by atoms with Gasteiger partial charge in [-0.15, -0.1) is 0 Å². The van der Waals surface area contributed by atoms with Crippen molar-refractivity contribution in [2.75, 3.05) is 18.4 Å². The number of carbonyl (C=O) groups is 3. The summed E-state index contributed by atoms with van der Waals surface area (Å²) in [5.41, 5.74) is 5.58. The number of anilines is 1. The molecule has 38 heavy (non-hydrogen) atoms. The van der Waals surface area contributed by atoms with Crippen LogP contribution < -0.4 is 10.6 Å². The molecule has 198 valence electrons. The Hall–Kier alpha value is -3.94. The van der Waals surface area contributed by atoms with E-state index in [0.717, 1.165) is 29.7 Å². The minimum atomic E-state index is -0.142. The van der Waals surface area contributed by atoms with Crippen molar-refractivity contribution in [2.45, 2.75) is 51.5 Å². The second kappa shape index (κ2) is 10.8. The van der Waals surface area contributed by atoms with Crippen LogP contribution in [-0.4, -0.2) is 51.5 Å². The molecule has 8 nitrogen and oxygen atoms in total. The van der Waals surface area contributed by atoms with Gasteiger partial charge in [-0.1, -0.05) is 37.3 Å². The van der Waals surface area contributed by atoms with Crippen molar-refractivity contribution in [3.05, 3.63) is 71.4 Å². The van der Waals surface area contributed by atoms with Gasteiger partial charge in [0.15, 0.2) is 0 Å². The van der Waals surface area contributed by atoms with Crippen LogP contribution in [0.15, 0.2) is 54.7 Å². The molecule has 2 heterocycles. The fourth-order valence-corrected chi connectivity index (χ4v) is 5.43. The Bertz CT molecular complexity index is 1340. The molecule has 1 aliphatic heterocycles. The largest absolute Gasteiger partial charge is 0.353 e. The van der Waals surface area contributed by atoms with Crippen molar-refractivity contribution < 1.29 is 14.4 Å². The van der Waals surface area contributed by atoms with Gasteiger partial charge in [-0.25, -0.2) is 0 Å². The molecule has 3 amide bonds. The Kier molecular flexibility index (Phi) is 7.31. The third-order valence-electron chi connectivity index (χ3n) is 7.90. The summed E-state index contributed by atoms with van der Waals surface area (Å²) in [6.07, 6.45) is 4.44. The highest BCUT2D eigenvalue weighted by atomic mass is 16.2. The van der Waals surface area contributed by atoms with E-state index in [1.54, 1.807) is 12.3 Å². The Balaban J connectivity index is 1.17. The molecule has 3 aromatic rings. The number of amides is 3. The van der Waals surface area contributed by atoms with Crippen LogP contribution in [-0.2, 0) is 16.6 Å². The molecule has 8 heteroatoms. The minimum Gasteiger partial charge on any atom is -0.353 e. The summed E-state index contributed by atoms with van der Waals surface area (Å²) in [7, 11) is 1.93. The lowest BCUT2D eigenvalue weighted by atomic mass is 9.90. The van der Waals surface area contributed by atoms with E-state index in [2.05, 4.69) is 40.0 Å². The summed E-state index contributed by atoms with van der Waals surface area (Å²) in [5.74, 6) is 0.119. The molecule has 1 saturated carbocycles. The number of nitrogens with one attached hydrogen (secondary N) is 2. The maximum absolute atomic E-state index is 13.2. The first-order chi connectivity index (χ1) is 18.3. The molecule has 2 aromatic carbocycles. The molecular formula is C30H35N5O3. The van der Waals surface area contributed by atoms with Crippen LogP contribution in [0.1, 0.15) is 60.0 Å². The highest BCUT2D eigenvalue weighted by Crippen LogP contribution is 2.31. The second-order valence-electron chi connectivity index (χ2n) is 10.5. The smallest absolute Gasteiger partial charge is 0.253 e. The first-order valence-corrected chi connectivity index (χ1v) is 13.4. The number of nitrogens with zero attached hydrogens (tertiary/aromatic N) is 3. The topological polar surface area (TPSA) is 96.3 Å². The Morgan fingerprint density at radius 3 is 2.47 bits per heavy atom. The van der Waals surface area contributed by atoms with Crippen molar-refractivity contribution in [1.82, 2.24) is 20.0 Å². The Labute approximate surface area is 223 Å². The standard InChI is InChI=1S/C30H35N5O3/c1-4-28(36)32-25-12-11-22(15-25)29(37)33-26-16-23(6-5-19(26)2)30(38)35-17-24(18-35)20-7-9-21(10-8-20)27-13-14-31-34(27)3/h5-10,13-14,16,22,24-25H,4,11-12,15,17-18H2,1-3H3,(H,32,36)(H,33,37)/t22-,25?/m1/s1. The third kappa shape index (κ3) is 5.35. The molecule has 1 saturated heterocycles. The third-order valence-corrected chi connectivity index (χ3v) is 7.90. The summed E-state index contributed by atoms with van der Waals surface area (Å²) < 4.78 is 1.86. The van der Waals surface area contributed by atoms with E-state index in [-0.39, 0.29) is 29.7 Å². The fraction of sp³-hybridized carbons (Fsp3) is 0.400. The van der Waals surface area contributed by atoms with Crippen LogP contribution in [0, 0.1) is 12.8 Å². The molecule has 0 bridgehead atoms. The van der Waals surface area contributed by atoms with Gasteiger partial charge < -0.3 is 15.5 Å². The number of rotatable bonds is 7. The van der Waals surface area contributed by atoms with Gasteiger partial charge >= 0.3 is 0 Å². The van der Waals surface area contributed by atoms with Crippen LogP contribution in [0.25, 0.3) is 11.3 Å². The molecule has 0 spiro atoms. The molecule has 0 radical (unpaired) electrons. The average molecular weight is 514 g/mol. The quantitative estimate of drug-likeness (QED) is 0.493. The molecule has 1 unspecified atom stereocenters. The van der Waals surface area contributed by atoms with E-state index >= 15 is 0 Å². The molecule has 2 N–H and O–H groups in total. The molecule has 2 fully saturated rings. The van der Waals surface area contributed by atoms with Crippen molar-refractivity contribution in [3.63, 3.8) is 0 Å². The summed E-state index contributed by atoms with van der Waals surface area (Å²) in [6.45, 7) is 5.10. The van der Waals surface area contributed by atoms with E-state index in [9.17, 15) is 14.4 Å². The zero-order valence-electron chi connectivity index (χ0n) is 22.2. The van der Waals surface area contributed by atoms with Gasteiger partial charge in [0.1, 0.15) is 0 Å². The van der Waals surface area contributed by atoms with Crippen molar-refractivity contribution in [2.24, 2.45) is 13.0 Å².